The van der Waals surface area contributed by atoms with E-state index in [0.29, 0.717) is 0 Å². The number of rotatable bonds is 4. The van der Waals surface area contributed by atoms with Crippen LogP contribution >= 0.6 is 0 Å². The maximum Gasteiger partial charge on any atom is 0.225 e. The molecule has 0 aliphatic carbocycles. The summed E-state index contributed by atoms with van der Waals surface area (Å²) in [5, 5.41) is 2.29. The lowest BCUT2D eigenvalue weighted by Crippen LogP contribution is -2.16. The number of amides is 1. The normalized spacial score (nSPS) is 11.9. The highest BCUT2D eigenvalue weighted by atomic mass is 19.1. The average molecular weight is 275 g/mol. The number of carbonyl (C=O) groups excluding carboxylic acids is 1. The van der Waals surface area contributed by atoms with Crippen LogP contribution in [0, 0.1) is 11.6 Å². The largest absolute Gasteiger partial charge is 0.321 e. The average Bonchev–Trinajstić information content (AvgIpc) is 2.44. The summed E-state index contributed by atoms with van der Waals surface area (Å²) in [6.45, 7) is 1.90. The van der Waals surface area contributed by atoms with Crippen molar-refractivity contribution in [2.75, 3.05) is 5.32 Å². The van der Waals surface area contributed by atoms with Crippen LogP contribution in [0.25, 0.3) is 0 Å². The molecule has 0 aromatic heterocycles. The van der Waals surface area contributed by atoms with Gasteiger partial charge in [-0.15, -0.1) is 0 Å². The molecule has 1 atom stereocenters. The van der Waals surface area contributed by atoms with Crippen LogP contribution in [0.4, 0.5) is 14.5 Å². The molecular formula is C16H15F2NO. The number of anilines is 1. The van der Waals surface area contributed by atoms with E-state index in [-0.39, 0.29) is 12.3 Å². The van der Waals surface area contributed by atoms with Gasteiger partial charge in [-0.2, -0.15) is 0 Å². The lowest BCUT2D eigenvalue weighted by molar-refractivity contribution is -0.116. The minimum atomic E-state index is -0.772. The molecule has 20 heavy (non-hydrogen) atoms. The molecule has 1 amide bonds. The van der Waals surface area contributed by atoms with Crippen LogP contribution in [0.3, 0.4) is 0 Å². The molecule has 0 radical (unpaired) electrons. The highest BCUT2D eigenvalue weighted by Crippen LogP contribution is 2.22. The Bertz CT molecular complexity index is 578. The second kappa shape index (κ2) is 6.28. The molecule has 0 unspecified atom stereocenters. The standard InChI is InChI=1S/C16H15F2NO/c1-11(12-6-3-2-4-7-12)10-15(20)19-16-13(17)8-5-9-14(16)18/h2-9,11H,10H2,1H3,(H,19,20)/t11-/m0/s1. The first-order valence-corrected chi connectivity index (χ1v) is 6.36. The van der Waals surface area contributed by atoms with Crippen LogP contribution < -0.4 is 5.32 Å². The molecule has 4 heteroatoms. The summed E-state index contributed by atoms with van der Waals surface area (Å²) in [4.78, 5) is 11.9. The summed E-state index contributed by atoms with van der Waals surface area (Å²) in [7, 11) is 0. The van der Waals surface area contributed by atoms with Gasteiger partial charge in [-0.05, 0) is 23.6 Å². The molecule has 0 bridgehead atoms. The molecule has 2 rings (SSSR count). The maximum atomic E-state index is 13.4. The molecule has 0 saturated carbocycles. The number of halogens is 2. The minimum absolute atomic E-state index is 0.0222. The van der Waals surface area contributed by atoms with E-state index in [4.69, 9.17) is 0 Å². The second-order valence-corrected chi connectivity index (χ2v) is 4.66. The third-order valence-electron chi connectivity index (χ3n) is 3.09. The van der Waals surface area contributed by atoms with Crippen LogP contribution in [0.2, 0.25) is 0 Å². The topological polar surface area (TPSA) is 29.1 Å². The van der Waals surface area contributed by atoms with Crippen molar-refractivity contribution in [2.45, 2.75) is 19.3 Å². The Morgan fingerprint density at radius 2 is 1.65 bits per heavy atom. The van der Waals surface area contributed by atoms with Gasteiger partial charge >= 0.3 is 0 Å². The van der Waals surface area contributed by atoms with Crippen LogP contribution in [-0.4, -0.2) is 5.91 Å². The zero-order valence-corrected chi connectivity index (χ0v) is 11.1. The van der Waals surface area contributed by atoms with Crippen LogP contribution in [0.15, 0.2) is 48.5 Å². The van der Waals surface area contributed by atoms with Gasteiger partial charge in [-0.3, -0.25) is 4.79 Å². The number of para-hydroxylation sites is 1. The SMILES string of the molecule is C[C@@H](CC(=O)Nc1c(F)cccc1F)c1ccccc1. The van der Waals surface area contributed by atoms with E-state index in [9.17, 15) is 13.6 Å². The second-order valence-electron chi connectivity index (χ2n) is 4.66. The molecule has 1 N–H and O–H groups in total. The Hall–Kier alpha value is -2.23. The first-order chi connectivity index (χ1) is 9.58. The van der Waals surface area contributed by atoms with E-state index >= 15 is 0 Å². The predicted octanol–water partition coefficient (Wildman–Crippen LogP) is 4.10. The smallest absolute Gasteiger partial charge is 0.225 e. The number of benzene rings is 2. The fraction of sp³-hybridized carbons (Fsp3) is 0.188. The molecule has 0 fully saturated rings. The highest BCUT2D eigenvalue weighted by Gasteiger charge is 2.15. The molecule has 0 spiro atoms. The van der Waals surface area contributed by atoms with Crippen molar-refractivity contribution in [3.8, 4) is 0 Å². The van der Waals surface area contributed by atoms with Gasteiger partial charge in [0.25, 0.3) is 0 Å². The molecule has 0 aliphatic heterocycles. The molecule has 104 valence electrons. The Kier molecular flexibility index (Phi) is 4.45. The highest BCUT2D eigenvalue weighted by molar-refractivity contribution is 5.91. The summed E-state index contributed by atoms with van der Waals surface area (Å²) in [6, 6.07) is 13.0. The van der Waals surface area contributed by atoms with Crippen molar-refractivity contribution in [1.82, 2.24) is 0 Å². The van der Waals surface area contributed by atoms with E-state index in [1.165, 1.54) is 6.07 Å². The van der Waals surface area contributed by atoms with Crippen LogP contribution in [0.5, 0.6) is 0 Å². The van der Waals surface area contributed by atoms with E-state index < -0.39 is 23.2 Å². The van der Waals surface area contributed by atoms with Gasteiger partial charge in [0.05, 0.1) is 0 Å². The van der Waals surface area contributed by atoms with E-state index in [1.54, 1.807) is 0 Å². The van der Waals surface area contributed by atoms with Crippen LogP contribution in [-0.2, 0) is 4.79 Å². The van der Waals surface area contributed by atoms with E-state index in [0.717, 1.165) is 17.7 Å². The van der Waals surface area contributed by atoms with Gasteiger partial charge in [0.15, 0.2) is 0 Å². The Morgan fingerprint density at radius 1 is 1.05 bits per heavy atom. The number of hydrogen-bond donors (Lipinski definition) is 1. The summed E-state index contributed by atoms with van der Waals surface area (Å²) < 4.78 is 26.8. The third-order valence-corrected chi connectivity index (χ3v) is 3.09. The Balaban J connectivity index is 2.03. The van der Waals surface area contributed by atoms with E-state index in [2.05, 4.69) is 5.32 Å². The van der Waals surface area contributed by atoms with Gasteiger partial charge in [-0.25, -0.2) is 8.78 Å². The summed E-state index contributed by atoms with van der Waals surface area (Å²) in [5.74, 6) is -1.98. The minimum Gasteiger partial charge on any atom is -0.321 e. The molecule has 0 heterocycles. The zero-order valence-electron chi connectivity index (χ0n) is 11.1. The Labute approximate surface area is 116 Å². The van der Waals surface area contributed by atoms with Crippen molar-refractivity contribution < 1.29 is 13.6 Å². The Morgan fingerprint density at radius 3 is 2.25 bits per heavy atom. The van der Waals surface area contributed by atoms with Gasteiger partial charge in [0, 0.05) is 6.42 Å². The van der Waals surface area contributed by atoms with Crippen LogP contribution in [0.1, 0.15) is 24.8 Å². The quantitative estimate of drug-likeness (QED) is 0.894. The summed E-state index contributed by atoms with van der Waals surface area (Å²) >= 11 is 0. The molecular weight excluding hydrogens is 260 g/mol. The molecule has 2 aromatic carbocycles. The number of hydrogen-bond acceptors (Lipinski definition) is 1. The molecule has 2 aromatic rings. The first kappa shape index (κ1) is 14.2. The van der Waals surface area contributed by atoms with Crippen molar-refractivity contribution in [1.29, 1.82) is 0 Å². The third kappa shape index (κ3) is 3.41. The van der Waals surface area contributed by atoms with Gasteiger partial charge in [0.1, 0.15) is 17.3 Å². The fourth-order valence-corrected chi connectivity index (χ4v) is 1.99. The summed E-state index contributed by atoms with van der Waals surface area (Å²) in [5.41, 5.74) is 0.620. The van der Waals surface area contributed by atoms with Crippen molar-refractivity contribution in [2.24, 2.45) is 0 Å². The number of nitrogens with one attached hydrogen (secondary N) is 1. The van der Waals surface area contributed by atoms with Gasteiger partial charge < -0.3 is 5.32 Å². The number of carbonyl (C=O) groups is 1. The molecule has 0 aliphatic rings. The summed E-state index contributed by atoms with van der Waals surface area (Å²) in [6.07, 6.45) is 0.164. The fourth-order valence-electron chi connectivity index (χ4n) is 1.99. The lowest BCUT2D eigenvalue weighted by atomic mass is 9.97. The van der Waals surface area contributed by atoms with Crippen molar-refractivity contribution >= 4 is 11.6 Å². The zero-order chi connectivity index (χ0) is 14.5. The predicted molar refractivity (Wildman–Crippen MR) is 74.5 cm³/mol. The lowest BCUT2D eigenvalue weighted by Gasteiger charge is -2.12. The molecule has 0 saturated heterocycles. The monoisotopic (exact) mass is 275 g/mol. The maximum absolute atomic E-state index is 13.4. The molecule has 2 nitrogen and oxygen atoms in total. The van der Waals surface area contributed by atoms with Gasteiger partial charge in [-0.1, -0.05) is 43.3 Å². The van der Waals surface area contributed by atoms with E-state index in [1.807, 2.05) is 37.3 Å². The first-order valence-electron chi connectivity index (χ1n) is 6.36. The van der Waals surface area contributed by atoms with Crippen molar-refractivity contribution in [3.63, 3.8) is 0 Å². The van der Waals surface area contributed by atoms with Crippen molar-refractivity contribution in [3.05, 3.63) is 65.7 Å². The van der Waals surface area contributed by atoms with Gasteiger partial charge in [0.2, 0.25) is 5.91 Å².